The number of anilines is 1. The fourth-order valence-electron chi connectivity index (χ4n) is 1.86. The fourth-order valence-corrected chi connectivity index (χ4v) is 2.53. The summed E-state index contributed by atoms with van der Waals surface area (Å²) in [5, 5.41) is 7.68. The van der Waals surface area contributed by atoms with Gasteiger partial charge in [-0.15, -0.1) is 10.2 Å². The van der Waals surface area contributed by atoms with Crippen molar-refractivity contribution in [3.8, 4) is 0 Å². The van der Waals surface area contributed by atoms with Crippen LogP contribution in [0.25, 0.3) is 0 Å². The van der Waals surface area contributed by atoms with Crippen LogP contribution in [-0.4, -0.2) is 23.9 Å². The van der Waals surface area contributed by atoms with E-state index in [9.17, 15) is 26.3 Å². The maximum absolute atomic E-state index is 12.8. The zero-order valence-electron chi connectivity index (χ0n) is 12.1. The summed E-state index contributed by atoms with van der Waals surface area (Å²) in [7, 11) is 1.32. The van der Waals surface area contributed by atoms with Crippen molar-refractivity contribution in [2.45, 2.75) is 18.4 Å². The molecule has 132 valence electrons. The summed E-state index contributed by atoms with van der Waals surface area (Å²) in [5.74, 6) is 0. The van der Waals surface area contributed by atoms with Crippen molar-refractivity contribution in [1.29, 1.82) is 0 Å². The number of hydrogen-bond acceptors (Lipinski definition) is 5. The molecule has 0 aliphatic carbocycles. The Labute approximate surface area is 136 Å². The van der Waals surface area contributed by atoms with E-state index in [2.05, 4.69) is 15.5 Å². The first-order valence-electron chi connectivity index (χ1n) is 6.44. The van der Waals surface area contributed by atoms with E-state index in [0.29, 0.717) is 0 Å². The number of alkyl halides is 6. The van der Waals surface area contributed by atoms with Crippen LogP contribution in [0.4, 0.5) is 31.5 Å². The van der Waals surface area contributed by atoms with Crippen LogP contribution in [0.3, 0.4) is 0 Å². The molecule has 0 amide bonds. The molecule has 0 fully saturated rings. The molecule has 1 heterocycles. The van der Waals surface area contributed by atoms with E-state index in [1.54, 1.807) is 0 Å². The summed E-state index contributed by atoms with van der Waals surface area (Å²) in [4.78, 5) is 0. The topological polar surface area (TPSA) is 47.0 Å². The third-order valence-corrected chi connectivity index (χ3v) is 3.81. The molecule has 0 aliphatic heterocycles. The van der Waals surface area contributed by atoms with E-state index in [1.165, 1.54) is 19.2 Å². The van der Waals surface area contributed by atoms with Crippen LogP contribution in [-0.2, 0) is 17.1 Å². The first-order valence-corrected chi connectivity index (χ1v) is 7.26. The minimum Gasteiger partial charge on any atom is -0.382 e. The van der Waals surface area contributed by atoms with Gasteiger partial charge in [-0.2, -0.15) is 26.3 Å². The number of nitrogens with zero attached hydrogens (tertiary/aromatic N) is 2. The molecule has 0 bridgehead atoms. The largest absolute Gasteiger partial charge is 0.445 e. The van der Waals surface area contributed by atoms with E-state index < -0.39 is 29.0 Å². The van der Waals surface area contributed by atoms with Crippen molar-refractivity contribution in [2.24, 2.45) is 0 Å². The van der Waals surface area contributed by atoms with Gasteiger partial charge in [0.05, 0.1) is 18.2 Å². The lowest BCUT2D eigenvalue weighted by Gasteiger charge is -2.19. The van der Waals surface area contributed by atoms with Crippen LogP contribution in [0.2, 0.25) is 0 Å². The van der Waals surface area contributed by atoms with Crippen LogP contribution in [0.15, 0.2) is 24.3 Å². The van der Waals surface area contributed by atoms with Gasteiger partial charge >= 0.3 is 12.4 Å². The number of hydrogen-bond donors (Lipinski definition) is 1. The van der Waals surface area contributed by atoms with E-state index >= 15 is 0 Å². The second-order valence-corrected chi connectivity index (χ2v) is 5.66. The number of aromatic nitrogens is 2. The standard InChI is InChI=1S/C13H11F6N3OS/c1-23-6-9(7-3-2-4-8(5-7)12(14,15)16)20-11-22-21-10(24-11)13(17,18)19/h2-5,9H,6H2,1H3,(H,20,22). The molecule has 4 nitrogen and oxygen atoms in total. The number of halogens is 6. The van der Waals surface area contributed by atoms with Gasteiger partial charge < -0.3 is 10.1 Å². The third-order valence-electron chi connectivity index (χ3n) is 2.91. The molecule has 1 atom stereocenters. The number of rotatable bonds is 5. The van der Waals surface area contributed by atoms with Crippen molar-refractivity contribution in [1.82, 2.24) is 10.2 Å². The Kier molecular flexibility index (Phi) is 5.33. The van der Waals surface area contributed by atoms with Crippen LogP contribution in [0.1, 0.15) is 22.2 Å². The van der Waals surface area contributed by atoms with Crippen molar-refractivity contribution in [2.75, 3.05) is 19.0 Å². The highest BCUT2D eigenvalue weighted by Crippen LogP contribution is 2.35. The van der Waals surface area contributed by atoms with Crippen molar-refractivity contribution < 1.29 is 31.1 Å². The molecule has 2 rings (SSSR count). The second-order valence-electron chi connectivity index (χ2n) is 4.69. The maximum Gasteiger partial charge on any atom is 0.445 e. The minimum absolute atomic E-state index is 0.0672. The third kappa shape index (κ3) is 4.57. The first-order chi connectivity index (χ1) is 11.1. The SMILES string of the molecule is COCC(Nc1nnc(C(F)(F)F)s1)c1cccc(C(F)(F)F)c1. The highest BCUT2D eigenvalue weighted by atomic mass is 32.1. The molecular weight excluding hydrogens is 360 g/mol. The van der Waals surface area contributed by atoms with E-state index in [4.69, 9.17) is 4.74 Å². The van der Waals surface area contributed by atoms with Crippen molar-refractivity contribution in [3.05, 3.63) is 40.4 Å². The highest BCUT2D eigenvalue weighted by molar-refractivity contribution is 7.15. The lowest BCUT2D eigenvalue weighted by Crippen LogP contribution is -2.17. The van der Waals surface area contributed by atoms with Gasteiger partial charge in [0.25, 0.3) is 0 Å². The molecule has 0 saturated heterocycles. The number of methoxy groups -OCH3 is 1. The molecule has 24 heavy (non-hydrogen) atoms. The van der Waals surface area contributed by atoms with Gasteiger partial charge in [-0.3, -0.25) is 0 Å². The van der Waals surface area contributed by atoms with Gasteiger partial charge in [0, 0.05) is 7.11 Å². The first kappa shape index (κ1) is 18.5. The summed E-state index contributed by atoms with van der Waals surface area (Å²) in [6.07, 6.45) is -9.16. The molecule has 1 unspecified atom stereocenters. The summed E-state index contributed by atoms with van der Waals surface area (Å²) in [6, 6.07) is 3.62. The zero-order chi connectivity index (χ0) is 18.0. The molecule has 0 radical (unpaired) electrons. The Bertz CT molecular complexity index is 685. The summed E-state index contributed by atoms with van der Waals surface area (Å²) < 4.78 is 80.8. The number of ether oxygens (including phenoxy) is 1. The molecule has 1 N–H and O–H groups in total. The molecular formula is C13H11F6N3OS. The second kappa shape index (κ2) is 6.93. The Morgan fingerprint density at radius 2 is 1.83 bits per heavy atom. The molecule has 0 spiro atoms. The number of benzene rings is 1. The van der Waals surface area contributed by atoms with Gasteiger partial charge in [-0.1, -0.05) is 23.5 Å². The highest BCUT2D eigenvalue weighted by Gasteiger charge is 2.36. The normalized spacial score (nSPS) is 13.8. The van der Waals surface area contributed by atoms with Crippen molar-refractivity contribution >= 4 is 16.5 Å². The van der Waals surface area contributed by atoms with E-state index in [-0.39, 0.29) is 28.6 Å². The van der Waals surface area contributed by atoms with Crippen LogP contribution in [0.5, 0.6) is 0 Å². The zero-order valence-corrected chi connectivity index (χ0v) is 12.9. The Morgan fingerprint density at radius 3 is 2.38 bits per heavy atom. The van der Waals surface area contributed by atoms with E-state index in [0.717, 1.165) is 12.1 Å². The number of nitrogens with one attached hydrogen (secondary N) is 1. The fraction of sp³-hybridized carbons (Fsp3) is 0.385. The van der Waals surface area contributed by atoms with Crippen LogP contribution < -0.4 is 5.32 Å². The molecule has 1 aromatic heterocycles. The molecule has 0 saturated carbocycles. The summed E-state index contributed by atoms with van der Waals surface area (Å²) in [6.45, 7) is -0.0672. The average Bonchev–Trinajstić information content (AvgIpc) is 2.95. The van der Waals surface area contributed by atoms with Gasteiger partial charge in [0.1, 0.15) is 0 Å². The Morgan fingerprint density at radius 1 is 1.12 bits per heavy atom. The lowest BCUT2D eigenvalue weighted by atomic mass is 10.0. The predicted octanol–water partition coefficient (Wildman–Crippen LogP) is 4.38. The molecule has 2 aromatic rings. The quantitative estimate of drug-likeness (QED) is 0.793. The van der Waals surface area contributed by atoms with Crippen molar-refractivity contribution in [3.63, 3.8) is 0 Å². The average molecular weight is 371 g/mol. The Hall–Kier alpha value is -1.88. The summed E-state index contributed by atoms with van der Waals surface area (Å²) in [5.41, 5.74) is -0.661. The van der Waals surface area contributed by atoms with Gasteiger partial charge in [-0.05, 0) is 17.7 Å². The van der Waals surface area contributed by atoms with Gasteiger partial charge in [0.15, 0.2) is 0 Å². The van der Waals surface area contributed by atoms with Gasteiger partial charge in [-0.25, -0.2) is 0 Å². The van der Waals surface area contributed by atoms with Crippen LogP contribution in [0, 0.1) is 0 Å². The van der Waals surface area contributed by atoms with E-state index in [1.807, 2.05) is 0 Å². The maximum atomic E-state index is 12.8. The van der Waals surface area contributed by atoms with Crippen LogP contribution >= 0.6 is 11.3 Å². The summed E-state index contributed by atoms with van der Waals surface area (Å²) >= 11 is 0.262. The lowest BCUT2D eigenvalue weighted by molar-refractivity contribution is -0.138. The Balaban J connectivity index is 2.25. The molecule has 1 aromatic carbocycles. The molecule has 11 heteroatoms. The monoisotopic (exact) mass is 371 g/mol. The smallest absolute Gasteiger partial charge is 0.382 e. The predicted molar refractivity (Wildman–Crippen MR) is 74.6 cm³/mol. The van der Waals surface area contributed by atoms with Gasteiger partial charge in [0.2, 0.25) is 10.1 Å². The molecule has 0 aliphatic rings. The minimum atomic E-state index is -4.63.